The SMILES string of the molecule is CC(N)(c1cccc(C(F)(F)F)c1)c1ccc(Br)cc1Cl. The summed E-state index contributed by atoms with van der Waals surface area (Å²) in [6, 6.07) is 10.1. The van der Waals surface area contributed by atoms with Crippen LogP contribution in [0.2, 0.25) is 5.02 Å². The first kappa shape index (κ1) is 16.3. The zero-order valence-electron chi connectivity index (χ0n) is 11.0. The monoisotopic (exact) mass is 377 g/mol. The lowest BCUT2D eigenvalue weighted by Gasteiger charge is -2.28. The van der Waals surface area contributed by atoms with Gasteiger partial charge < -0.3 is 5.73 Å². The Labute approximate surface area is 134 Å². The maximum absolute atomic E-state index is 12.8. The highest BCUT2D eigenvalue weighted by Gasteiger charge is 2.33. The van der Waals surface area contributed by atoms with Crippen LogP contribution in [0, 0.1) is 0 Å². The molecule has 112 valence electrons. The Kier molecular flexibility index (Phi) is 4.38. The number of hydrogen-bond donors (Lipinski definition) is 1. The van der Waals surface area contributed by atoms with Crippen LogP contribution in [0.3, 0.4) is 0 Å². The Morgan fingerprint density at radius 3 is 2.24 bits per heavy atom. The molecule has 0 bridgehead atoms. The second-order valence-corrected chi connectivity index (χ2v) is 6.23. The molecule has 2 aromatic rings. The van der Waals surface area contributed by atoms with Gasteiger partial charge in [-0.05, 0) is 42.3 Å². The minimum Gasteiger partial charge on any atom is -0.318 e. The normalized spacial score (nSPS) is 14.8. The highest BCUT2D eigenvalue weighted by molar-refractivity contribution is 9.10. The van der Waals surface area contributed by atoms with Gasteiger partial charge in [0.25, 0.3) is 0 Å². The van der Waals surface area contributed by atoms with Crippen molar-refractivity contribution in [2.75, 3.05) is 0 Å². The quantitative estimate of drug-likeness (QED) is 0.749. The standard InChI is InChI=1S/C15H12BrClF3N/c1-14(21,12-6-5-11(16)8-13(12)17)9-3-2-4-10(7-9)15(18,19)20/h2-8H,21H2,1H3. The molecule has 2 N–H and O–H groups in total. The Morgan fingerprint density at radius 2 is 1.67 bits per heavy atom. The number of rotatable bonds is 2. The summed E-state index contributed by atoms with van der Waals surface area (Å²) in [7, 11) is 0. The molecule has 1 unspecified atom stereocenters. The van der Waals surface area contributed by atoms with Crippen molar-refractivity contribution in [2.24, 2.45) is 5.73 Å². The summed E-state index contributed by atoms with van der Waals surface area (Å²) in [6.45, 7) is 1.64. The summed E-state index contributed by atoms with van der Waals surface area (Å²) in [4.78, 5) is 0. The lowest BCUT2D eigenvalue weighted by Crippen LogP contribution is -2.35. The third-order valence-electron chi connectivity index (χ3n) is 3.28. The van der Waals surface area contributed by atoms with E-state index in [-0.39, 0.29) is 0 Å². The molecule has 0 radical (unpaired) electrons. The van der Waals surface area contributed by atoms with Gasteiger partial charge in [-0.3, -0.25) is 0 Å². The van der Waals surface area contributed by atoms with E-state index in [0.717, 1.165) is 16.6 Å². The summed E-state index contributed by atoms with van der Waals surface area (Å²) in [6.07, 6.45) is -4.41. The summed E-state index contributed by atoms with van der Waals surface area (Å²) in [5.74, 6) is 0. The smallest absolute Gasteiger partial charge is 0.318 e. The fraction of sp³-hybridized carbons (Fsp3) is 0.200. The van der Waals surface area contributed by atoms with Crippen molar-refractivity contribution in [3.63, 3.8) is 0 Å². The van der Waals surface area contributed by atoms with Crippen LogP contribution >= 0.6 is 27.5 Å². The van der Waals surface area contributed by atoms with Crippen LogP contribution in [-0.4, -0.2) is 0 Å². The fourth-order valence-corrected chi connectivity index (χ4v) is 2.95. The van der Waals surface area contributed by atoms with Gasteiger partial charge in [0.05, 0.1) is 11.1 Å². The van der Waals surface area contributed by atoms with Crippen molar-refractivity contribution in [3.05, 3.63) is 68.7 Å². The number of halogens is 5. The molecular weight excluding hydrogens is 367 g/mol. The first-order valence-corrected chi connectivity index (χ1v) is 7.21. The van der Waals surface area contributed by atoms with Crippen LogP contribution in [0.15, 0.2) is 46.9 Å². The molecule has 0 aliphatic carbocycles. The summed E-state index contributed by atoms with van der Waals surface area (Å²) < 4.78 is 39.2. The molecule has 2 aromatic carbocycles. The fourth-order valence-electron chi connectivity index (χ4n) is 2.08. The molecule has 6 heteroatoms. The number of benzene rings is 2. The summed E-state index contributed by atoms with van der Waals surface area (Å²) in [5, 5.41) is 0.395. The van der Waals surface area contributed by atoms with Gasteiger partial charge in [0.2, 0.25) is 0 Å². The third kappa shape index (κ3) is 3.42. The van der Waals surface area contributed by atoms with Crippen LogP contribution < -0.4 is 5.73 Å². The number of alkyl halides is 3. The first-order valence-electron chi connectivity index (χ1n) is 6.04. The average molecular weight is 379 g/mol. The topological polar surface area (TPSA) is 26.0 Å². The molecule has 0 saturated heterocycles. The second-order valence-electron chi connectivity index (χ2n) is 4.91. The van der Waals surface area contributed by atoms with Gasteiger partial charge in [-0.25, -0.2) is 0 Å². The molecule has 0 aliphatic heterocycles. The van der Waals surface area contributed by atoms with E-state index in [2.05, 4.69) is 15.9 Å². The van der Waals surface area contributed by atoms with Crippen molar-refractivity contribution in [3.8, 4) is 0 Å². The first-order chi connectivity index (χ1) is 9.62. The van der Waals surface area contributed by atoms with Crippen molar-refractivity contribution >= 4 is 27.5 Å². The van der Waals surface area contributed by atoms with E-state index in [0.29, 0.717) is 16.1 Å². The predicted molar refractivity (Wildman–Crippen MR) is 81.2 cm³/mol. The van der Waals surface area contributed by atoms with E-state index < -0.39 is 17.3 Å². The molecule has 2 rings (SSSR count). The third-order valence-corrected chi connectivity index (χ3v) is 4.09. The van der Waals surface area contributed by atoms with Crippen LogP contribution in [-0.2, 0) is 11.7 Å². The Morgan fingerprint density at radius 1 is 1.05 bits per heavy atom. The average Bonchev–Trinajstić information content (AvgIpc) is 2.37. The van der Waals surface area contributed by atoms with Crippen LogP contribution in [0.1, 0.15) is 23.6 Å². The minimum absolute atomic E-state index is 0.349. The minimum atomic E-state index is -4.41. The molecule has 0 spiro atoms. The molecule has 0 saturated carbocycles. The van der Waals surface area contributed by atoms with E-state index >= 15 is 0 Å². The van der Waals surface area contributed by atoms with Crippen LogP contribution in [0.5, 0.6) is 0 Å². The van der Waals surface area contributed by atoms with Gasteiger partial charge in [0.1, 0.15) is 0 Å². The largest absolute Gasteiger partial charge is 0.416 e. The molecule has 0 amide bonds. The second kappa shape index (κ2) is 5.63. The molecule has 0 heterocycles. The van der Waals surface area contributed by atoms with E-state index in [9.17, 15) is 13.2 Å². The van der Waals surface area contributed by atoms with Gasteiger partial charge in [-0.2, -0.15) is 13.2 Å². The zero-order chi connectivity index (χ0) is 15.8. The highest BCUT2D eigenvalue weighted by atomic mass is 79.9. The molecule has 1 nitrogen and oxygen atoms in total. The lowest BCUT2D eigenvalue weighted by molar-refractivity contribution is -0.137. The van der Waals surface area contributed by atoms with Gasteiger partial charge in [-0.15, -0.1) is 0 Å². The van der Waals surface area contributed by atoms with Gasteiger partial charge >= 0.3 is 6.18 Å². The van der Waals surface area contributed by atoms with E-state index in [1.165, 1.54) is 6.07 Å². The molecule has 1 atom stereocenters. The van der Waals surface area contributed by atoms with Gasteiger partial charge in [0, 0.05) is 9.50 Å². The van der Waals surface area contributed by atoms with E-state index in [1.807, 2.05) is 0 Å². The van der Waals surface area contributed by atoms with Crippen molar-refractivity contribution < 1.29 is 13.2 Å². The Balaban J connectivity index is 2.53. The lowest BCUT2D eigenvalue weighted by atomic mass is 9.85. The number of hydrogen-bond acceptors (Lipinski definition) is 1. The summed E-state index contributed by atoms with van der Waals surface area (Å²) in [5.41, 5.74) is 5.31. The Bertz CT molecular complexity index is 668. The Hall–Kier alpha value is -1.04. The van der Waals surface area contributed by atoms with Crippen LogP contribution in [0.25, 0.3) is 0 Å². The molecule has 0 aliphatic rings. The molecular formula is C15H12BrClF3N. The highest BCUT2D eigenvalue weighted by Crippen LogP contribution is 2.36. The van der Waals surface area contributed by atoms with Gasteiger partial charge in [0.15, 0.2) is 0 Å². The van der Waals surface area contributed by atoms with E-state index in [4.69, 9.17) is 17.3 Å². The number of nitrogens with two attached hydrogens (primary N) is 1. The molecule has 0 aromatic heterocycles. The maximum Gasteiger partial charge on any atom is 0.416 e. The summed E-state index contributed by atoms with van der Waals surface area (Å²) >= 11 is 9.44. The van der Waals surface area contributed by atoms with Crippen LogP contribution in [0.4, 0.5) is 13.2 Å². The zero-order valence-corrected chi connectivity index (χ0v) is 13.4. The van der Waals surface area contributed by atoms with E-state index in [1.54, 1.807) is 31.2 Å². The maximum atomic E-state index is 12.8. The molecule has 0 fully saturated rings. The van der Waals surface area contributed by atoms with Crippen molar-refractivity contribution in [1.82, 2.24) is 0 Å². The van der Waals surface area contributed by atoms with Gasteiger partial charge in [-0.1, -0.05) is 45.7 Å². The van der Waals surface area contributed by atoms with Crippen molar-refractivity contribution in [2.45, 2.75) is 18.6 Å². The predicted octanol–water partition coefficient (Wildman–Crippen LogP) is 5.34. The van der Waals surface area contributed by atoms with Crippen molar-refractivity contribution in [1.29, 1.82) is 0 Å². The molecule has 21 heavy (non-hydrogen) atoms.